The van der Waals surface area contributed by atoms with Crippen molar-refractivity contribution < 1.29 is 4.79 Å². The molecule has 4 aromatic rings. The zero-order valence-electron chi connectivity index (χ0n) is 15.1. The van der Waals surface area contributed by atoms with Gasteiger partial charge in [0.25, 0.3) is 0 Å². The molecule has 1 saturated heterocycles. The Morgan fingerprint density at radius 2 is 2.14 bits per heavy atom. The van der Waals surface area contributed by atoms with Gasteiger partial charge in [-0.2, -0.15) is 4.80 Å². The van der Waals surface area contributed by atoms with Gasteiger partial charge in [-0.05, 0) is 41.6 Å². The third-order valence-corrected chi connectivity index (χ3v) is 6.97. The molecule has 0 aliphatic carbocycles. The van der Waals surface area contributed by atoms with Crippen molar-refractivity contribution in [3.05, 3.63) is 46.8 Å². The van der Waals surface area contributed by atoms with Gasteiger partial charge in [0, 0.05) is 19.0 Å². The molecule has 4 heterocycles. The van der Waals surface area contributed by atoms with Crippen LogP contribution in [0.15, 0.2) is 41.8 Å². The smallest absolute Gasteiger partial charge is 0.246 e. The first-order valence-electron chi connectivity index (χ1n) is 9.21. The van der Waals surface area contributed by atoms with Crippen LogP contribution in [0.5, 0.6) is 0 Å². The molecule has 3 aromatic heterocycles. The summed E-state index contributed by atoms with van der Waals surface area (Å²) in [6, 6.07) is 12.1. The average Bonchev–Trinajstić information content (AvgIpc) is 3.47. The van der Waals surface area contributed by atoms with Gasteiger partial charge in [-0.25, -0.2) is 4.98 Å². The second-order valence-corrected chi connectivity index (χ2v) is 8.83. The van der Waals surface area contributed by atoms with Crippen LogP contribution in [0, 0.1) is 0 Å². The largest absolute Gasteiger partial charge is 0.340 e. The molecule has 7 nitrogen and oxygen atoms in total. The fourth-order valence-electron chi connectivity index (χ4n) is 3.51. The van der Waals surface area contributed by atoms with Crippen molar-refractivity contribution in [2.24, 2.45) is 0 Å². The van der Waals surface area contributed by atoms with E-state index in [2.05, 4.69) is 21.5 Å². The number of thiophene rings is 1. The number of hydrogen-bond acceptors (Lipinski definition) is 7. The van der Waals surface area contributed by atoms with Crippen molar-refractivity contribution >= 4 is 38.8 Å². The van der Waals surface area contributed by atoms with E-state index in [1.165, 1.54) is 9.50 Å². The zero-order chi connectivity index (χ0) is 18.9. The molecular weight excluding hydrogens is 392 g/mol. The van der Waals surface area contributed by atoms with Crippen LogP contribution in [0.1, 0.15) is 23.8 Å². The van der Waals surface area contributed by atoms with E-state index in [4.69, 9.17) is 4.98 Å². The molecule has 1 amide bonds. The lowest BCUT2D eigenvalue weighted by Gasteiger charge is -2.31. The number of carbonyl (C=O) groups excluding carboxylic acids is 1. The van der Waals surface area contributed by atoms with Gasteiger partial charge in [0.2, 0.25) is 11.7 Å². The maximum Gasteiger partial charge on any atom is 0.246 e. The summed E-state index contributed by atoms with van der Waals surface area (Å²) in [6.07, 6.45) is 2.05. The Hall–Kier alpha value is -2.65. The summed E-state index contributed by atoms with van der Waals surface area (Å²) in [5.41, 5.74) is 1.04. The van der Waals surface area contributed by atoms with Gasteiger partial charge >= 0.3 is 0 Å². The van der Waals surface area contributed by atoms with E-state index < -0.39 is 0 Å². The molecule has 1 fully saturated rings. The second kappa shape index (κ2) is 7.40. The van der Waals surface area contributed by atoms with Crippen LogP contribution in [0.4, 0.5) is 0 Å². The van der Waals surface area contributed by atoms with Crippen LogP contribution in [-0.4, -0.2) is 49.1 Å². The molecule has 28 heavy (non-hydrogen) atoms. The average molecular weight is 411 g/mol. The number of aromatic nitrogens is 5. The van der Waals surface area contributed by atoms with Crippen molar-refractivity contribution in [3.63, 3.8) is 0 Å². The van der Waals surface area contributed by atoms with Crippen LogP contribution in [0.3, 0.4) is 0 Å². The lowest BCUT2D eigenvalue weighted by atomic mass is 9.98. The number of piperidine rings is 1. The highest BCUT2D eigenvalue weighted by molar-refractivity contribution is 7.18. The summed E-state index contributed by atoms with van der Waals surface area (Å²) >= 11 is 3.29. The van der Waals surface area contributed by atoms with Crippen molar-refractivity contribution in [1.29, 1.82) is 0 Å². The third kappa shape index (κ3) is 3.43. The zero-order valence-corrected chi connectivity index (χ0v) is 16.7. The van der Waals surface area contributed by atoms with Gasteiger partial charge in [0.05, 0.1) is 20.1 Å². The SMILES string of the molecule is O=C(Cn1nnc(-c2cccs2)n1)N1CCCC(c2nc3ccccc3s2)C1. The van der Waals surface area contributed by atoms with Gasteiger partial charge in [0.1, 0.15) is 6.54 Å². The number of carbonyl (C=O) groups is 1. The molecule has 142 valence electrons. The molecule has 0 bridgehead atoms. The fourth-order valence-corrected chi connectivity index (χ4v) is 5.25. The Bertz CT molecular complexity index is 1070. The number of benzene rings is 1. The summed E-state index contributed by atoms with van der Waals surface area (Å²) in [5, 5.41) is 15.5. The third-order valence-electron chi connectivity index (χ3n) is 4.90. The van der Waals surface area contributed by atoms with E-state index in [1.54, 1.807) is 22.7 Å². The number of tetrazole rings is 1. The molecule has 0 radical (unpaired) electrons. The number of hydrogen-bond donors (Lipinski definition) is 0. The van der Waals surface area contributed by atoms with E-state index in [0.29, 0.717) is 18.3 Å². The molecule has 5 rings (SSSR count). The lowest BCUT2D eigenvalue weighted by Crippen LogP contribution is -2.41. The van der Waals surface area contributed by atoms with Crippen molar-refractivity contribution in [2.75, 3.05) is 13.1 Å². The molecule has 0 spiro atoms. The van der Waals surface area contributed by atoms with Gasteiger partial charge in [-0.15, -0.1) is 32.9 Å². The van der Waals surface area contributed by atoms with E-state index in [1.807, 2.05) is 40.6 Å². The van der Waals surface area contributed by atoms with Crippen LogP contribution < -0.4 is 0 Å². The summed E-state index contributed by atoms with van der Waals surface area (Å²) in [5.74, 6) is 0.884. The van der Waals surface area contributed by atoms with E-state index >= 15 is 0 Å². The second-order valence-electron chi connectivity index (χ2n) is 6.82. The van der Waals surface area contributed by atoms with Gasteiger partial charge in [-0.3, -0.25) is 4.79 Å². The summed E-state index contributed by atoms with van der Waals surface area (Å²) in [7, 11) is 0. The van der Waals surface area contributed by atoms with E-state index in [9.17, 15) is 4.79 Å². The van der Waals surface area contributed by atoms with Crippen LogP contribution >= 0.6 is 22.7 Å². The van der Waals surface area contributed by atoms with Crippen LogP contribution in [0.25, 0.3) is 20.9 Å². The minimum Gasteiger partial charge on any atom is -0.340 e. The van der Waals surface area contributed by atoms with E-state index in [0.717, 1.165) is 34.8 Å². The Labute approximate surface area is 169 Å². The molecule has 0 N–H and O–H groups in total. The highest BCUT2D eigenvalue weighted by atomic mass is 32.1. The molecule has 1 aliphatic rings. The molecule has 9 heteroatoms. The quantitative estimate of drug-likeness (QED) is 0.515. The van der Waals surface area contributed by atoms with Crippen molar-refractivity contribution in [2.45, 2.75) is 25.3 Å². The highest BCUT2D eigenvalue weighted by Gasteiger charge is 2.27. The molecule has 1 aromatic carbocycles. The predicted octanol–water partition coefficient (Wildman–Crippen LogP) is 3.42. The number of fused-ring (bicyclic) bond motifs is 1. The van der Waals surface area contributed by atoms with Crippen LogP contribution in [0.2, 0.25) is 0 Å². The van der Waals surface area contributed by atoms with Gasteiger partial charge in [-0.1, -0.05) is 18.2 Å². The van der Waals surface area contributed by atoms with E-state index in [-0.39, 0.29) is 12.5 Å². The number of rotatable bonds is 4. The topological polar surface area (TPSA) is 76.8 Å². The van der Waals surface area contributed by atoms with Gasteiger partial charge in [0.15, 0.2) is 0 Å². The molecule has 0 saturated carbocycles. The number of likely N-dealkylation sites (tertiary alicyclic amines) is 1. The number of nitrogens with zero attached hydrogens (tertiary/aromatic N) is 6. The first kappa shape index (κ1) is 17.4. The predicted molar refractivity (Wildman–Crippen MR) is 109 cm³/mol. The first-order valence-corrected chi connectivity index (χ1v) is 10.9. The maximum atomic E-state index is 12.8. The summed E-state index contributed by atoms with van der Waals surface area (Å²) in [6.45, 7) is 1.59. The molecular formula is C19H18N6OS2. The monoisotopic (exact) mass is 410 g/mol. The first-order chi connectivity index (χ1) is 13.8. The summed E-state index contributed by atoms with van der Waals surface area (Å²) in [4.78, 5) is 21.8. The standard InChI is InChI=1S/C19H18N6OS2/c26-17(12-25-22-18(21-23-25)16-8-4-10-27-16)24-9-3-5-13(11-24)19-20-14-6-1-2-7-15(14)28-19/h1-2,4,6-8,10,13H,3,5,9,11-12H2. The molecule has 1 atom stereocenters. The lowest BCUT2D eigenvalue weighted by molar-refractivity contribution is -0.133. The molecule has 1 aliphatic heterocycles. The van der Waals surface area contributed by atoms with Crippen LogP contribution in [-0.2, 0) is 11.3 Å². The Balaban J connectivity index is 1.27. The Morgan fingerprint density at radius 3 is 3.00 bits per heavy atom. The minimum atomic E-state index is 0.0286. The normalized spacial score (nSPS) is 17.3. The Kier molecular flexibility index (Phi) is 4.61. The minimum absolute atomic E-state index is 0.0286. The van der Waals surface area contributed by atoms with Crippen molar-refractivity contribution in [1.82, 2.24) is 30.1 Å². The highest BCUT2D eigenvalue weighted by Crippen LogP contribution is 2.33. The maximum absolute atomic E-state index is 12.8. The summed E-state index contributed by atoms with van der Waals surface area (Å²) < 4.78 is 1.20. The Morgan fingerprint density at radius 1 is 1.21 bits per heavy atom. The number of para-hydroxylation sites is 1. The molecule has 1 unspecified atom stereocenters. The number of amides is 1. The fraction of sp³-hybridized carbons (Fsp3) is 0.316. The van der Waals surface area contributed by atoms with Crippen molar-refractivity contribution in [3.8, 4) is 10.7 Å². The number of thiazole rings is 1. The van der Waals surface area contributed by atoms with Gasteiger partial charge < -0.3 is 4.90 Å².